The second-order valence-corrected chi connectivity index (χ2v) is 7.10. The van der Waals surface area contributed by atoms with Crippen LogP contribution in [0.15, 0.2) is 30.3 Å². The van der Waals surface area contributed by atoms with Crippen molar-refractivity contribution >= 4 is 17.8 Å². The number of para-hydroxylation sites is 1. The second-order valence-electron chi connectivity index (χ2n) is 7.10. The minimum atomic E-state index is -1.18. The number of hydrogen-bond donors (Lipinski definition) is 3. The Morgan fingerprint density at radius 3 is 2.09 bits per heavy atom. The molecule has 2 amide bonds. The summed E-state index contributed by atoms with van der Waals surface area (Å²) in [6, 6.07) is 5.64. The summed E-state index contributed by atoms with van der Waals surface area (Å²) in [5.41, 5.74) is 0.127. The highest BCUT2D eigenvalue weighted by molar-refractivity contribution is 6.00. The molecule has 11 nitrogen and oxygen atoms in total. The zero-order valence-electron chi connectivity index (χ0n) is 18.4. The highest BCUT2D eigenvalue weighted by atomic mass is 16.5. The largest absolute Gasteiger partial charge is 0.481 e. The molecule has 32 heavy (non-hydrogen) atoms. The molecular formula is C21H26N4O7. The molecular weight excluding hydrogens is 420 g/mol. The van der Waals surface area contributed by atoms with E-state index >= 15 is 0 Å². The fraction of sp³-hybridized carbons (Fsp3) is 0.381. The maximum absolute atomic E-state index is 13.0. The summed E-state index contributed by atoms with van der Waals surface area (Å²) in [6.07, 6.45) is 0. The number of ether oxygens (including phenoxy) is 3. The highest BCUT2D eigenvalue weighted by Crippen LogP contribution is 2.26. The highest BCUT2D eigenvalue weighted by Gasteiger charge is 2.28. The van der Waals surface area contributed by atoms with Crippen molar-refractivity contribution in [3.8, 4) is 23.5 Å². The van der Waals surface area contributed by atoms with Crippen LogP contribution in [0.5, 0.6) is 23.5 Å². The molecule has 0 unspecified atom stereocenters. The Bertz CT molecular complexity index is 958. The summed E-state index contributed by atoms with van der Waals surface area (Å²) < 4.78 is 15.9. The monoisotopic (exact) mass is 446 g/mol. The lowest BCUT2D eigenvalue weighted by atomic mass is 10.0. The minimum absolute atomic E-state index is 0.102. The average Bonchev–Trinajstić information content (AvgIpc) is 2.76. The summed E-state index contributed by atoms with van der Waals surface area (Å²) >= 11 is 0. The molecule has 3 N–H and O–H groups in total. The van der Waals surface area contributed by atoms with Crippen molar-refractivity contribution in [1.82, 2.24) is 20.6 Å². The van der Waals surface area contributed by atoms with Gasteiger partial charge in [-0.3, -0.25) is 14.4 Å². The van der Waals surface area contributed by atoms with E-state index in [4.69, 9.17) is 19.3 Å². The predicted octanol–water partition coefficient (Wildman–Crippen LogP) is 1.63. The van der Waals surface area contributed by atoms with E-state index < -0.39 is 29.9 Å². The van der Waals surface area contributed by atoms with Crippen molar-refractivity contribution in [1.29, 1.82) is 0 Å². The van der Waals surface area contributed by atoms with Crippen LogP contribution < -0.4 is 24.8 Å². The van der Waals surface area contributed by atoms with Crippen molar-refractivity contribution < 1.29 is 33.7 Å². The molecule has 0 bridgehead atoms. The first-order valence-electron chi connectivity index (χ1n) is 9.74. The number of nitrogens with one attached hydrogen (secondary N) is 2. The van der Waals surface area contributed by atoms with Gasteiger partial charge in [0.15, 0.2) is 0 Å². The number of hydrogen-bond acceptors (Lipinski definition) is 8. The van der Waals surface area contributed by atoms with E-state index in [2.05, 4.69) is 20.6 Å². The summed E-state index contributed by atoms with van der Waals surface area (Å²) in [5.74, 6) is -2.13. The molecule has 1 aromatic heterocycles. The number of benzene rings is 1. The number of rotatable bonds is 10. The minimum Gasteiger partial charge on any atom is -0.481 e. The SMILES string of the molecule is COc1cc(OC)nc(Oc2ccccc2C(=O)N[C@H](C(=O)N[C@@H](C)C(=O)O)C(C)C)n1. The molecule has 1 heterocycles. The molecule has 11 heteroatoms. The van der Waals surface area contributed by atoms with Gasteiger partial charge in [-0.05, 0) is 25.0 Å². The standard InChI is InChI=1S/C21H26N4O7/c1-11(2)17(19(27)22-12(3)20(28)29)25-18(26)13-8-6-7-9-14(13)32-21-23-15(30-4)10-16(24-21)31-5/h6-12,17H,1-5H3,(H,22,27)(H,25,26)(H,28,29)/t12-,17-/m0/s1. The first-order valence-corrected chi connectivity index (χ1v) is 9.74. The van der Waals surface area contributed by atoms with Gasteiger partial charge in [0.05, 0.1) is 25.8 Å². The maximum atomic E-state index is 13.0. The first kappa shape index (κ1) is 24.4. The fourth-order valence-corrected chi connectivity index (χ4v) is 2.60. The van der Waals surface area contributed by atoms with Gasteiger partial charge >= 0.3 is 12.0 Å². The third-order valence-corrected chi connectivity index (χ3v) is 4.37. The average molecular weight is 446 g/mol. The third kappa shape index (κ3) is 6.30. The van der Waals surface area contributed by atoms with E-state index in [9.17, 15) is 14.4 Å². The van der Waals surface area contributed by atoms with Crippen molar-refractivity contribution in [3.05, 3.63) is 35.9 Å². The Labute approximate surface area is 185 Å². The molecule has 0 spiro atoms. The van der Waals surface area contributed by atoms with Crippen LogP contribution >= 0.6 is 0 Å². The Hall–Kier alpha value is -3.89. The van der Waals surface area contributed by atoms with E-state index in [0.29, 0.717) is 0 Å². The molecule has 172 valence electrons. The smallest absolute Gasteiger partial charge is 0.328 e. The van der Waals surface area contributed by atoms with Gasteiger partial charge in [-0.1, -0.05) is 26.0 Å². The van der Waals surface area contributed by atoms with Crippen molar-refractivity contribution in [2.24, 2.45) is 5.92 Å². The number of nitrogens with zero attached hydrogens (tertiary/aromatic N) is 2. The Morgan fingerprint density at radius 1 is 0.969 bits per heavy atom. The number of carboxylic acids is 1. The Balaban J connectivity index is 2.26. The lowest BCUT2D eigenvalue weighted by Gasteiger charge is -2.23. The van der Waals surface area contributed by atoms with Gasteiger partial charge in [-0.15, -0.1) is 0 Å². The van der Waals surface area contributed by atoms with E-state index in [1.54, 1.807) is 32.0 Å². The maximum Gasteiger partial charge on any atom is 0.328 e. The molecule has 2 aromatic rings. The van der Waals surface area contributed by atoms with E-state index in [-0.39, 0.29) is 35.0 Å². The second kappa shape index (κ2) is 10.9. The van der Waals surface area contributed by atoms with Crippen LogP contribution in [0, 0.1) is 5.92 Å². The van der Waals surface area contributed by atoms with Gasteiger partial charge in [-0.25, -0.2) is 0 Å². The molecule has 2 rings (SSSR count). The fourth-order valence-electron chi connectivity index (χ4n) is 2.60. The molecule has 0 fully saturated rings. The zero-order valence-corrected chi connectivity index (χ0v) is 18.4. The van der Waals surface area contributed by atoms with E-state index in [0.717, 1.165) is 0 Å². The molecule has 2 atom stereocenters. The number of methoxy groups -OCH3 is 2. The van der Waals surface area contributed by atoms with Crippen LogP contribution in [0.3, 0.4) is 0 Å². The van der Waals surface area contributed by atoms with Gasteiger partial charge in [0.2, 0.25) is 17.7 Å². The van der Waals surface area contributed by atoms with E-state index in [1.807, 2.05) is 0 Å². The van der Waals surface area contributed by atoms with Gasteiger partial charge in [-0.2, -0.15) is 9.97 Å². The first-order chi connectivity index (χ1) is 15.2. The summed E-state index contributed by atoms with van der Waals surface area (Å²) in [5, 5.41) is 14.0. The lowest BCUT2D eigenvalue weighted by Crippen LogP contribution is -2.53. The summed E-state index contributed by atoms with van der Waals surface area (Å²) in [7, 11) is 2.85. The van der Waals surface area contributed by atoms with E-state index in [1.165, 1.54) is 33.3 Å². The summed E-state index contributed by atoms with van der Waals surface area (Å²) in [4.78, 5) is 44.7. The Morgan fingerprint density at radius 2 is 1.56 bits per heavy atom. The molecule has 0 saturated carbocycles. The van der Waals surface area contributed by atoms with Crippen molar-refractivity contribution in [2.45, 2.75) is 32.9 Å². The number of carboxylic acid groups (broad SMARTS) is 1. The number of carbonyl (C=O) groups is 3. The third-order valence-electron chi connectivity index (χ3n) is 4.37. The van der Waals surface area contributed by atoms with Crippen LogP contribution in [-0.4, -0.2) is 59.2 Å². The quantitative estimate of drug-likeness (QED) is 0.495. The lowest BCUT2D eigenvalue weighted by molar-refractivity contribution is -0.141. The van der Waals surface area contributed by atoms with Gasteiger partial charge < -0.3 is 30.0 Å². The number of aromatic nitrogens is 2. The number of amides is 2. The molecule has 0 aliphatic carbocycles. The van der Waals surface area contributed by atoms with Crippen LogP contribution in [-0.2, 0) is 9.59 Å². The zero-order chi connectivity index (χ0) is 23.8. The molecule has 0 aliphatic heterocycles. The number of aliphatic carboxylic acids is 1. The van der Waals surface area contributed by atoms with Gasteiger partial charge in [0.25, 0.3) is 5.91 Å². The van der Waals surface area contributed by atoms with Crippen molar-refractivity contribution in [2.75, 3.05) is 14.2 Å². The summed E-state index contributed by atoms with van der Waals surface area (Å²) in [6.45, 7) is 4.80. The van der Waals surface area contributed by atoms with Gasteiger partial charge in [0, 0.05) is 0 Å². The molecule has 1 aromatic carbocycles. The molecule has 0 aliphatic rings. The molecule has 0 radical (unpaired) electrons. The van der Waals surface area contributed by atoms with Crippen LogP contribution in [0.4, 0.5) is 0 Å². The van der Waals surface area contributed by atoms with Crippen molar-refractivity contribution in [3.63, 3.8) is 0 Å². The topological polar surface area (TPSA) is 149 Å². The van der Waals surface area contributed by atoms with Crippen LogP contribution in [0.25, 0.3) is 0 Å². The van der Waals surface area contributed by atoms with Crippen LogP contribution in [0.2, 0.25) is 0 Å². The molecule has 0 saturated heterocycles. The predicted molar refractivity (Wildman–Crippen MR) is 113 cm³/mol. The number of carbonyl (C=O) groups excluding carboxylic acids is 2. The van der Waals surface area contributed by atoms with Crippen LogP contribution in [0.1, 0.15) is 31.1 Å². The van der Waals surface area contributed by atoms with Gasteiger partial charge in [0.1, 0.15) is 17.8 Å². The normalized spacial score (nSPS) is 12.4. The Kier molecular flexibility index (Phi) is 8.33.